The van der Waals surface area contributed by atoms with Crippen molar-refractivity contribution in [2.45, 2.75) is 12.3 Å². The molecule has 0 aliphatic heterocycles. The second kappa shape index (κ2) is 7.19. The summed E-state index contributed by atoms with van der Waals surface area (Å²) < 4.78 is 19.1. The molecule has 0 aliphatic carbocycles. The Morgan fingerprint density at radius 3 is 2.48 bits per heavy atom. The average Bonchev–Trinajstić information content (AvgIpc) is 2.42. The first kappa shape index (κ1) is 16.9. The number of hydrogen-bond acceptors (Lipinski definition) is 1. The van der Waals surface area contributed by atoms with Gasteiger partial charge in [0.2, 0.25) is 0 Å². The zero-order valence-corrected chi connectivity index (χ0v) is 14.8. The fourth-order valence-electron chi connectivity index (χ4n) is 1.88. The maximum absolute atomic E-state index is 13.2. The number of ether oxygens (including phenoxy) is 1. The molecule has 0 saturated heterocycles. The number of halogens is 5. The van der Waals surface area contributed by atoms with Crippen LogP contribution < -0.4 is 4.74 Å². The van der Waals surface area contributed by atoms with Crippen LogP contribution in [0.3, 0.4) is 0 Å². The summed E-state index contributed by atoms with van der Waals surface area (Å²) in [6.07, 6.45) is 0. The van der Waals surface area contributed by atoms with Crippen LogP contribution in [0.15, 0.2) is 34.8 Å². The molecule has 0 spiro atoms. The Labute approximate surface area is 146 Å². The third-order valence-corrected chi connectivity index (χ3v) is 4.64. The molecule has 21 heavy (non-hydrogen) atoms. The fraction of sp³-hybridized carbons (Fsp3) is 0.200. The predicted molar refractivity (Wildman–Crippen MR) is 89.4 cm³/mol. The molecule has 2 aromatic rings. The molecule has 1 nitrogen and oxygen atoms in total. The Bertz CT molecular complexity index is 664. The number of alkyl halides is 1. The summed E-state index contributed by atoms with van der Waals surface area (Å²) in [6, 6.07) is 7.62. The van der Waals surface area contributed by atoms with Gasteiger partial charge in [-0.3, -0.25) is 0 Å². The standard InChI is InChI=1S/C15H11BrCl3FO/c1-2-21-14-7-12(17)10(6-13(14)18)15(19)9-4-3-8(20)5-11(9)16/h3-7,15H,2H2,1H3. The van der Waals surface area contributed by atoms with Crippen LogP contribution in [0.1, 0.15) is 23.4 Å². The molecule has 112 valence electrons. The molecule has 0 N–H and O–H groups in total. The second-order valence-electron chi connectivity index (χ2n) is 4.27. The molecule has 0 amide bonds. The lowest BCUT2D eigenvalue weighted by atomic mass is 10.0. The van der Waals surface area contributed by atoms with Crippen molar-refractivity contribution in [3.05, 3.63) is 61.8 Å². The molecule has 0 radical (unpaired) electrons. The van der Waals surface area contributed by atoms with Crippen LogP contribution in [-0.4, -0.2) is 6.61 Å². The minimum atomic E-state index is -0.555. The van der Waals surface area contributed by atoms with E-state index in [1.54, 1.807) is 18.2 Å². The van der Waals surface area contributed by atoms with Gasteiger partial charge in [0.05, 0.1) is 17.0 Å². The van der Waals surface area contributed by atoms with Crippen molar-refractivity contribution in [3.8, 4) is 5.75 Å². The van der Waals surface area contributed by atoms with Crippen molar-refractivity contribution < 1.29 is 9.13 Å². The third-order valence-electron chi connectivity index (χ3n) is 2.86. The van der Waals surface area contributed by atoms with E-state index in [4.69, 9.17) is 39.5 Å². The number of hydrogen-bond donors (Lipinski definition) is 0. The highest BCUT2D eigenvalue weighted by atomic mass is 79.9. The van der Waals surface area contributed by atoms with Crippen LogP contribution in [0.25, 0.3) is 0 Å². The van der Waals surface area contributed by atoms with E-state index >= 15 is 0 Å². The highest BCUT2D eigenvalue weighted by Gasteiger charge is 2.19. The summed E-state index contributed by atoms with van der Waals surface area (Å²) in [5, 5.41) is 0.319. The molecule has 0 aromatic heterocycles. The molecule has 0 bridgehead atoms. The van der Waals surface area contributed by atoms with Gasteiger partial charge in [0.25, 0.3) is 0 Å². The second-order valence-corrected chi connectivity index (χ2v) is 6.37. The minimum Gasteiger partial charge on any atom is -0.492 e. The molecular formula is C15H11BrCl3FO. The Morgan fingerprint density at radius 2 is 1.86 bits per heavy atom. The lowest BCUT2D eigenvalue weighted by Crippen LogP contribution is -1.99. The van der Waals surface area contributed by atoms with Crippen LogP contribution in [0.2, 0.25) is 10.0 Å². The normalized spacial score (nSPS) is 12.3. The van der Waals surface area contributed by atoms with Gasteiger partial charge in [-0.1, -0.05) is 45.2 Å². The van der Waals surface area contributed by atoms with Crippen LogP contribution in [0, 0.1) is 5.82 Å². The summed E-state index contributed by atoms with van der Waals surface area (Å²) in [7, 11) is 0. The van der Waals surface area contributed by atoms with Gasteiger partial charge >= 0.3 is 0 Å². The van der Waals surface area contributed by atoms with E-state index in [2.05, 4.69) is 15.9 Å². The minimum absolute atomic E-state index is 0.342. The molecular weight excluding hydrogens is 401 g/mol. The molecule has 1 unspecified atom stereocenters. The Kier molecular flexibility index (Phi) is 5.78. The highest BCUT2D eigenvalue weighted by molar-refractivity contribution is 9.10. The smallest absolute Gasteiger partial charge is 0.139 e. The molecule has 2 rings (SSSR count). The maximum atomic E-state index is 13.2. The van der Waals surface area contributed by atoms with Crippen molar-refractivity contribution in [2.75, 3.05) is 6.61 Å². The molecule has 0 saturated carbocycles. The Morgan fingerprint density at radius 1 is 1.14 bits per heavy atom. The lowest BCUT2D eigenvalue weighted by molar-refractivity contribution is 0.340. The van der Waals surface area contributed by atoms with Crippen molar-refractivity contribution in [2.24, 2.45) is 0 Å². The zero-order chi connectivity index (χ0) is 15.6. The molecule has 0 fully saturated rings. The summed E-state index contributed by atoms with van der Waals surface area (Å²) in [4.78, 5) is 0. The monoisotopic (exact) mass is 410 g/mol. The first-order chi connectivity index (χ1) is 9.93. The van der Waals surface area contributed by atoms with E-state index in [9.17, 15) is 4.39 Å². The largest absolute Gasteiger partial charge is 0.492 e. The summed E-state index contributed by atoms with van der Waals surface area (Å²) >= 11 is 22.2. The molecule has 2 aromatic carbocycles. The highest BCUT2D eigenvalue weighted by Crippen LogP contribution is 2.41. The first-order valence-electron chi connectivity index (χ1n) is 6.14. The SMILES string of the molecule is CCOc1cc(Cl)c(C(Cl)c2ccc(F)cc2Br)cc1Cl. The quantitative estimate of drug-likeness (QED) is 0.513. The van der Waals surface area contributed by atoms with E-state index in [1.165, 1.54) is 12.1 Å². The number of rotatable bonds is 4. The van der Waals surface area contributed by atoms with Crippen molar-refractivity contribution in [1.82, 2.24) is 0 Å². The van der Waals surface area contributed by atoms with Gasteiger partial charge in [0, 0.05) is 15.6 Å². The molecule has 1 atom stereocenters. The number of benzene rings is 2. The van der Waals surface area contributed by atoms with Crippen molar-refractivity contribution in [3.63, 3.8) is 0 Å². The summed E-state index contributed by atoms with van der Waals surface area (Å²) in [6.45, 7) is 2.35. The van der Waals surface area contributed by atoms with E-state index in [-0.39, 0.29) is 5.82 Å². The summed E-state index contributed by atoms with van der Waals surface area (Å²) in [5.41, 5.74) is 1.35. The predicted octanol–water partition coefficient (Wildman–Crippen LogP) is 6.62. The van der Waals surface area contributed by atoms with Gasteiger partial charge in [-0.25, -0.2) is 4.39 Å². The molecule has 0 heterocycles. The topological polar surface area (TPSA) is 9.23 Å². The lowest BCUT2D eigenvalue weighted by Gasteiger charge is -2.16. The van der Waals surface area contributed by atoms with Gasteiger partial charge in [-0.05, 0) is 36.2 Å². The van der Waals surface area contributed by atoms with Crippen LogP contribution in [0.5, 0.6) is 5.75 Å². The van der Waals surface area contributed by atoms with E-state index in [0.717, 1.165) is 0 Å². The molecule has 0 aliphatic rings. The van der Waals surface area contributed by atoms with Crippen LogP contribution in [-0.2, 0) is 0 Å². The Hall–Kier alpha value is -0.480. The van der Waals surface area contributed by atoms with Gasteiger partial charge < -0.3 is 4.74 Å². The maximum Gasteiger partial charge on any atom is 0.139 e. The Balaban J connectivity index is 2.43. The van der Waals surface area contributed by atoms with Gasteiger partial charge in [0.1, 0.15) is 11.6 Å². The van der Waals surface area contributed by atoms with E-state index < -0.39 is 5.38 Å². The van der Waals surface area contributed by atoms with Gasteiger partial charge in [-0.2, -0.15) is 0 Å². The van der Waals surface area contributed by atoms with Crippen molar-refractivity contribution in [1.29, 1.82) is 0 Å². The fourth-order valence-corrected chi connectivity index (χ4v) is 3.51. The van der Waals surface area contributed by atoms with Crippen molar-refractivity contribution >= 4 is 50.7 Å². The summed E-state index contributed by atoms with van der Waals surface area (Å²) in [5.74, 6) is 0.167. The zero-order valence-electron chi connectivity index (χ0n) is 11.0. The van der Waals surface area contributed by atoms with Gasteiger partial charge in [-0.15, -0.1) is 11.6 Å². The average molecular weight is 413 g/mol. The van der Waals surface area contributed by atoms with E-state index in [1.807, 2.05) is 6.92 Å². The third kappa shape index (κ3) is 3.84. The first-order valence-corrected chi connectivity index (χ1v) is 8.13. The molecule has 6 heteroatoms. The van der Waals surface area contributed by atoms with Gasteiger partial charge in [0.15, 0.2) is 0 Å². The van der Waals surface area contributed by atoms with E-state index in [0.29, 0.717) is 38.0 Å². The van der Waals surface area contributed by atoms with Crippen LogP contribution >= 0.6 is 50.7 Å². The van der Waals surface area contributed by atoms with Crippen LogP contribution in [0.4, 0.5) is 4.39 Å².